The third kappa shape index (κ3) is 5.37. The minimum absolute atomic E-state index is 0.870. The van der Waals surface area contributed by atoms with Gasteiger partial charge in [-0.25, -0.2) is 0 Å². The first-order valence-corrected chi connectivity index (χ1v) is 10.2. The van der Waals surface area contributed by atoms with Crippen molar-refractivity contribution >= 4 is 0 Å². The second-order valence-electron chi connectivity index (χ2n) is 7.43. The average molecular weight is 389 g/mol. The van der Waals surface area contributed by atoms with Gasteiger partial charge in [-0.3, -0.25) is 9.80 Å². The Kier molecular flexibility index (Phi) is 6.45. The molecule has 0 saturated carbocycles. The largest absolute Gasteiger partial charge is 0.496 e. The van der Waals surface area contributed by atoms with Crippen LogP contribution in [-0.4, -0.2) is 43.1 Å². The van der Waals surface area contributed by atoms with Crippen molar-refractivity contribution in [1.29, 1.82) is 0 Å². The van der Waals surface area contributed by atoms with Crippen LogP contribution in [0.25, 0.3) is 0 Å². The van der Waals surface area contributed by atoms with Crippen LogP contribution in [0.1, 0.15) is 11.1 Å². The molecule has 0 N–H and O–H groups in total. The maximum absolute atomic E-state index is 5.97. The summed E-state index contributed by atoms with van der Waals surface area (Å²) in [7, 11) is 1.74. The molecule has 0 radical (unpaired) electrons. The molecule has 0 atom stereocenters. The van der Waals surface area contributed by atoms with Crippen LogP contribution in [0.5, 0.6) is 17.2 Å². The fraction of sp³-hybridized carbons (Fsp3) is 0.280. The van der Waals surface area contributed by atoms with Crippen LogP contribution in [0.3, 0.4) is 0 Å². The van der Waals surface area contributed by atoms with Gasteiger partial charge in [-0.05, 0) is 35.9 Å². The van der Waals surface area contributed by atoms with Crippen LogP contribution in [0.4, 0.5) is 0 Å². The Morgan fingerprint density at radius 3 is 2.10 bits per heavy atom. The highest BCUT2D eigenvalue weighted by atomic mass is 16.5. The van der Waals surface area contributed by atoms with Gasteiger partial charge in [0, 0.05) is 44.8 Å². The quantitative estimate of drug-likeness (QED) is 0.580. The average Bonchev–Trinajstić information content (AvgIpc) is 2.76. The van der Waals surface area contributed by atoms with E-state index in [0.717, 1.165) is 56.5 Å². The summed E-state index contributed by atoms with van der Waals surface area (Å²) in [5, 5.41) is 0. The van der Waals surface area contributed by atoms with Crippen molar-refractivity contribution in [1.82, 2.24) is 9.80 Å². The van der Waals surface area contributed by atoms with E-state index in [0.29, 0.717) is 0 Å². The van der Waals surface area contributed by atoms with Crippen molar-refractivity contribution in [2.24, 2.45) is 0 Å². The molecule has 0 unspecified atom stereocenters. The molecule has 1 aliphatic heterocycles. The Hall–Kier alpha value is -2.82. The molecule has 0 amide bonds. The molecule has 3 aromatic carbocycles. The highest BCUT2D eigenvalue weighted by Gasteiger charge is 2.18. The number of nitrogens with zero attached hydrogens (tertiary/aromatic N) is 2. The van der Waals surface area contributed by atoms with E-state index in [4.69, 9.17) is 9.47 Å². The first kappa shape index (κ1) is 19.5. The Bertz CT molecular complexity index is 905. The Labute approximate surface area is 173 Å². The number of benzene rings is 3. The van der Waals surface area contributed by atoms with Crippen molar-refractivity contribution in [2.45, 2.75) is 13.1 Å². The summed E-state index contributed by atoms with van der Waals surface area (Å²) in [5.41, 5.74) is 2.55. The summed E-state index contributed by atoms with van der Waals surface area (Å²) >= 11 is 0. The van der Waals surface area contributed by atoms with Gasteiger partial charge in [0.05, 0.1) is 7.11 Å². The van der Waals surface area contributed by atoms with Crippen molar-refractivity contribution < 1.29 is 9.47 Å². The van der Waals surface area contributed by atoms with E-state index in [1.807, 2.05) is 48.5 Å². The highest BCUT2D eigenvalue weighted by molar-refractivity contribution is 5.34. The summed E-state index contributed by atoms with van der Waals surface area (Å²) in [6.07, 6.45) is 0. The number of rotatable bonds is 7. The Morgan fingerprint density at radius 1 is 0.690 bits per heavy atom. The van der Waals surface area contributed by atoms with E-state index in [2.05, 4.69) is 40.1 Å². The van der Waals surface area contributed by atoms with Crippen LogP contribution >= 0.6 is 0 Å². The zero-order valence-corrected chi connectivity index (χ0v) is 17.0. The topological polar surface area (TPSA) is 24.9 Å². The first-order valence-electron chi connectivity index (χ1n) is 10.2. The molecule has 3 aromatic rings. The lowest BCUT2D eigenvalue weighted by Gasteiger charge is -2.35. The second kappa shape index (κ2) is 9.59. The van der Waals surface area contributed by atoms with E-state index in [-0.39, 0.29) is 0 Å². The lowest BCUT2D eigenvalue weighted by Crippen LogP contribution is -2.45. The van der Waals surface area contributed by atoms with Crippen LogP contribution in [0.2, 0.25) is 0 Å². The molecule has 4 heteroatoms. The fourth-order valence-electron chi connectivity index (χ4n) is 3.77. The van der Waals surface area contributed by atoms with Crippen molar-refractivity contribution in [3.63, 3.8) is 0 Å². The van der Waals surface area contributed by atoms with Gasteiger partial charge >= 0.3 is 0 Å². The van der Waals surface area contributed by atoms with Crippen LogP contribution < -0.4 is 9.47 Å². The van der Waals surface area contributed by atoms with Gasteiger partial charge in [0.1, 0.15) is 17.2 Å². The molecule has 0 spiro atoms. The van der Waals surface area contributed by atoms with Gasteiger partial charge in [0.2, 0.25) is 0 Å². The van der Waals surface area contributed by atoms with E-state index < -0.39 is 0 Å². The number of para-hydroxylation sites is 2. The lowest BCUT2D eigenvalue weighted by atomic mass is 10.1. The maximum atomic E-state index is 5.97. The summed E-state index contributed by atoms with van der Waals surface area (Å²) in [4.78, 5) is 5.02. The zero-order valence-electron chi connectivity index (χ0n) is 17.0. The molecule has 1 aliphatic rings. The zero-order chi connectivity index (χ0) is 19.9. The SMILES string of the molecule is COc1ccccc1CN1CCN(Cc2cccc(Oc3ccccc3)c2)CC1. The summed E-state index contributed by atoms with van der Waals surface area (Å²) in [6.45, 7) is 6.17. The van der Waals surface area contributed by atoms with Gasteiger partial charge in [-0.1, -0.05) is 48.5 Å². The molecule has 150 valence electrons. The maximum Gasteiger partial charge on any atom is 0.127 e. The molecular weight excluding hydrogens is 360 g/mol. The van der Waals surface area contributed by atoms with Gasteiger partial charge in [-0.2, -0.15) is 0 Å². The van der Waals surface area contributed by atoms with Crippen LogP contribution in [-0.2, 0) is 13.1 Å². The molecule has 1 saturated heterocycles. The minimum atomic E-state index is 0.870. The third-order valence-electron chi connectivity index (χ3n) is 5.33. The second-order valence-corrected chi connectivity index (χ2v) is 7.43. The number of hydrogen-bond acceptors (Lipinski definition) is 4. The predicted molar refractivity (Wildman–Crippen MR) is 117 cm³/mol. The normalized spacial score (nSPS) is 15.2. The minimum Gasteiger partial charge on any atom is -0.496 e. The van der Waals surface area contributed by atoms with Crippen LogP contribution in [0, 0.1) is 0 Å². The van der Waals surface area contributed by atoms with Crippen LogP contribution in [0.15, 0.2) is 78.9 Å². The summed E-state index contributed by atoms with van der Waals surface area (Å²) in [5.74, 6) is 2.74. The van der Waals surface area contributed by atoms with Crippen molar-refractivity contribution in [3.05, 3.63) is 90.0 Å². The first-order chi connectivity index (χ1) is 14.3. The van der Waals surface area contributed by atoms with E-state index >= 15 is 0 Å². The third-order valence-corrected chi connectivity index (χ3v) is 5.33. The molecule has 29 heavy (non-hydrogen) atoms. The smallest absolute Gasteiger partial charge is 0.127 e. The van der Waals surface area contributed by atoms with Gasteiger partial charge in [0.15, 0.2) is 0 Å². The highest BCUT2D eigenvalue weighted by Crippen LogP contribution is 2.23. The molecule has 4 nitrogen and oxygen atoms in total. The molecule has 0 bridgehead atoms. The Morgan fingerprint density at radius 2 is 1.34 bits per heavy atom. The monoisotopic (exact) mass is 388 g/mol. The molecule has 0 aromatic heterocycles. The molecular formula is C25H28N2O2. The van der Waals surface area contributed by atoms with E-state index in [1.165, 1.54) is 11.1 Å². The Balaban J connectivity index is 1.30. The molecule has 0 aliphatic carbocycles. The number of methoxy groups -OCH3 is 1. The van der Waals surface area contributed by atoms with Crippen molar-refractivity contribution in [2.75, 3.05) is 33.3 Å². The lowest BCUT2D eigenvalue weighted by molar-refractivity contribution is 0.121. The predicted octanol–water partition coefficient (Wildman–Crippen LogP) is 4.81. The van der Waals surface area contributed by atoms with Gasteiger partial charge in [-0.15, -0.1) is 0 Å². The number of piperazine rings is 1. The van der Waals surface area contributed by atoms with Crippen molar-refractivity contribution in [3.8, 4) is 17.2 Å². The number of hydrogen-bond donors (Lipinski definition) is 0. The summed E-state index contributed by atoms with van der Waals surface area (Å²) in [6, 6.07) is 26.7. The summed E-state index contributed by atoms with van der Waals surface area (Å²) < 4.78 is 11.5. The standard InChI is InChI=1S/C25H28N2O2/c1-28-25-13-6-5-9-22(25)20-27-16-14-26(15-17-27)19-21-8-7-12-24(18-21)29-23-10-3-2-4-11-23/h2-13,18H,14-17,19-20H2,1H3. The molecule has 1 fully saturated rings. The number of ether oxygens (including phenoxy) is 2. The van der Waals surface area contributed by atoms with Gasteiger partial charge < -0.3 is 9.47 Å². The van der Waals surface area contributed by atoms with Gasteiger partial charge in [0.25, 0.3) is 0 Å². The fourth-order valence-corrected chi connectivity index (χ4v) is 3.77. The van der Waals surface area contributed by atoms with E-state index in [1.54, 1.807) is 7.11 Å². The molecule has 1 heterocycles. The van der Waals surface area contributed by atoms with E-state index in [9.17, 15) is 0 Å². The molecule has 4 rings (SSSR count).